The number of ether oxygens (including phenoxy) is 2. The van der Waals surface area contributed by atoms with Crippen molar-refractivity contribution in [2.75, 3.05) is 92.8 Å². The van der Waals surface area contributed by atoms with Crippen LogP contribution in [0.4, 0.5) is 0 Å². The van der Waals surface area contributed by atoms with Gasteiger partial charge in [-0.05, 0) is 24.3 Å². The van der Waals surface area contributed by atoms with E-state index in [4.69, 9.17) is 9.47 Å². The van der Waals surface area contributed by atoms with Crippen LogP contribution in [0.2, 0.25) is 0 Å². The molecule has 1 aromatic carbocycles. The number of nitrogens with one attached hydrogen (secondary N) is 4. The zero-order valence-corrected chi connectivity index (χ0v) is 18.7. The number of aliphatic hydroxyl groups is 2. The Morgan fingerprint density at radius 2 is 1.00 bits per heavy atom. The van der Waals surface area contributed by atoms with Gasteiger partial charge >= 0.3 is 0 Å². The first kappa shape index (κ1) is 23.2. The lowest BCUT2D eigenvalue weighted by Crippen LogP contribution is -3.27. The summed E-state index contributed by atoms with van der Waals surface area (Å²) in [6.07, 6.45) is -0.911. The Hall–Kier alpha value is -1.42. The van der Waals surface area contributed by atoms with Crippen LogP contribution in [0.25, 0.3) is 0 Å². The van der Waals surface area contributed by atoms with Gasteiger partial charge in [-0.15, -0.1) is 0 Å². The van der Waals surface area contributed by atoms with Crippen LogP contribution in [0.1, 0.15) is 0 Å². The van der Waals surface area contributed by atoms with E-state index in [1.165, 1.54) is 9.80 Å². The van der Waals surface area contributed by atoms with E-state index in [0.29, 0.717) is 13.2 Å². The molecule has 2 fully saturated rings. The molecule has 0 bridgehead atoms. The van der Waals surface area contributed by atoms with Gasteiger partial charge in [0.05, 0.1) is 14.1 Å². The molecule has 0 unspecified atom stereocenters. The zero-order chi connectivity index (χ0) is 21.3. The molecular weight excluding hydrogens is 384 g/mol. The molecule has 6 N–H and O–H groups in total. The third kappa shape index (κ3) is 8.02. The maximum Gasteiger partial charge on any atom is 0.137 e. The van der Waals surface area contributed by atoms with E-state index >= 15 is 0 Å². The molecule has 0 spiro atoms. The average Bonchev–Trinajstić information content (AvgIpc) is 2.75. The Labute approximate surface area is 180 Å². The highest BCUT2D eigenvalue weighted by molar-refractivity contribution is 5.31. The van der Waals surface area contributed by atoms with Gasteiger partial charge in [0.15, 0.2) is 0 Å². The molecule has 0 aliphatic carbocycles. The first-order valence-corrected chi connectivity index (χ1v) is 11.5. The molecule has 2 saturated heterocycles. The summed E-state index contributed by atoms with van der Waals surface area (Å²) in [5.74, 6) is 1.45. The lowest BCUT2D eigenvalue weighted by atomic mass is 10.2. The van der Waals surface area contributed by atoms with Crippen LogP contribution < -0.4 is 29.1 Å². The van der Waals surface area contributed by atoms with E-state index in [1.807, 2.05) is 24.3 Å². The van der Waals surface area contributed by atoms with Gasteiger partial charge in [0, 0.05) is 0 Å². The molecule has 0 saturated carbocycles. The maximum atomic E-state index is 10.3. The number of hydrogen-bond acceptors (Lipinski definition) is 4. The van der Waals surface area contributed by atoms with E-state index in [-0.39, 0.29) is 0 Å². The molecule has 0 aromatic heterocycles. The van der Waals surface area contributed by atoms with Crippen LogP contribution in [0, 0.1) is 0 Å². The number of quaternary nitrogens is 4. The van der Waals surface area contributed by atoms with Crippen molar-refractivity contribution in [1.82, 2.24) is 0 Å². The fourth-order valence-corrected chi connectivity index (χ4v) is 4.27. The van der Waals surface area contributed by atoms with Gasteiger partial charge in [-0.3, -0.25) is 0 Å². The van der Waals surface area contributed by atoms with Crippen molar-refractivity contribution >= 4 is 0 Å². The molecule has 0 amide bonds. The SMILES string of the molecule is C[NH+]1CC[NH+](C[C@H](O)COc2ccc(OC[C@H](O)C[NH+]3CC[NH+](C)CC3)cc2)CC1. The van der Waals surface area contributed by atoms with Gasteiger partial charge in [0.2, 0.25) is 0 Å². The van der Waals surface area contributed by atoms with E-state index in [9.17, 15) is 10.2 Å². The van der Waals surface area contributed by atoms with Gasteiger partial charge in [0.25, 0.3) is 0 Å². The summed E-state index contributed by atoms with van der Waals surface area (Å²) in [5, 5.41) is 20.5. The highest BCUT2D eigenvalue weighted by atomic mass is 16.5. The fraction of sp³-hybridized carbons (Fsp3) is 0.727. The monoisotopic (exact) mass is 426 g/mol. The number of rotatable bonds is 10. The topological polar surface area (TPSA) is 76.7 Å². The first-order valence-electron chi connectivity index (χ1n) is 11.5. The summed E-state index contributed by atoms with van der Waals surface area (Å²) in [4.78, 5) is 6.05. The Kier molecular flexibility index (Phi) is 9.17. The van der Waals surface area contributed by atoms with Crippen LogP contribution in [0.15, 0.2) is 24.3 Å². The lowest BCUT2D eigenvalue weighted by molar-refractivity contribution is -1.00. The molecule has 170 valence electrons. The summed E-state index contributed by atoms with van der Waals surface area (Å²) in [6.45, 7) is 11.2. The van der Waals surface area contributed by atoms with Crippen LogP contribution >= 0.6 is 0 Å². The normalized spacial score (nSPS) is 29.2. The van der Waals surface area contributed by atoms with Gasteiger partial charge in [0.1, 0.15) is 102 Å². The van der Waals surface area contributed by atoms with Gasteiger partial charge in [-0.2, -0.15) is 0 Å². The van der Waals surface area contributed by atoms with Crippen LogP contribution in [0.3, 0.4) is 0 Å². The molecule has 30 heavy (non-hydrogen) atoms. The van der Waals surface area contributed by atoms with Crippen LogP contribution in [0.5, 0.6) is 11.5 Å². The Morgan fingerprint density at radius 3 is 1.33 bits per heavy atom. The van der Waals surface area contributed by atoms with Gasteiger partial charge in [-0.25, -0.2) is 0 Å². The predicted molar refractivity (Wildman–Crippen MR) is 114 cm³/mol. The van der Waals surface area contributed by atoms with Crippen molar-refractivity contribution < 1.29 is 39.3 Å². The molecule has 1 aromatic rings. The fourth-order valence-electron chi connectivity index (χ4n) is 4.27. The minimum Gasteiger partial charge on any atom is -0.491 e. The average molecular weight is 427 g/mol. The van der Waals surface area contributed by atoms with Crippen LogP contribution in [-0.4, -0.2) is 115 Å². The van der Waals surface area contributed by atoms with Crippen molar-refractivity contribution in [3.8, 4) is 11.5 Å². The third-order valence-corrected chi connectivity index (χ3v) is 6.38. The van der Waals surface area contributed by atoms with Gasteiger partial charge in [-0.1, -0.05) is 0 Å². The van der Waals surface area contributed by atoms with Crippen molar-refractivity contribution in [1.29, 1.82) is 0 Å². The quantitative estimate of drug-likeness (QED) is 0.225. The Morgan fingerprint density at radius 1 is 0.667 bits per heavy atom. The lowest BCUT2D eigenvalue weighted by Gasteiger charge is -2.28. The van der Waals surface area contributed by atoms with E-state index in [2.05, 4.69) is 14.1 Å². The molecule has 2 aliphatic heterocycles. The second-order valence-corrected chi connectivity index (χ2v) is 9.22. The summed E-state index contributed by atoms with van der Waals surface area (Å²) < 4.78 is 11.5. The molecule has 8 heteroatoms. The van der Waals surface area contributed by atoms with E-state index in [0.717, 1.165) is 76.9 Å². The number of benzene rings is 1. The second kappa shape index (κ2) is 11.8. The number of likely N-dealkylation sites (N-methyl/N-ethyl adjacent to an activating group) is 2. The van der Waals surface area contributed by atoms with Crippen LogP contribution in [-0.2, 0) is 0 Å². The maximum absolute atomic E-state index is 10.3. The molecule has 2 aliphatic rings. The third-order valence-electron chi connectivity index (χ3n) is 6.38. The highest BCUT2D eigenvalue weighted by Crippen LogP contribution is 2.17. The second-order valence-electron chi connectivity index (χ2n) is 9.22. The number of hydrogen-bond donors (Lipinski definition) is 6. The van der Waals surface area contributed by atoms with Gasteiger partial charge < -0.3 is 39.3 Å². The smallest absolute Gasteiger partial charge is 0.137 e. The predicted octanol–water partition coefficient (Wildman–Crippen LogP) is -6.01. The summed E-state index contributed by atoms with van der Waals surface area (Å²) >= 11 is 0. The highest BCUT2D eigenvalue weighted by Gasteiger charge is 2.24. The summed E-state index contributed by atoms with van der Waals surface area (Å²) in [7, 11) is 4.44. The standard InChI is InChI=1S/C22H38N4O4/c1-23-7-11-25(12-8-23)15-19(27)17-29-21-3-5-22(6-4-21)30-18-20(28)16-26-13-9-24(2)10-14-26/h3-6,19-20,27-28H,7-18H2,1-2H3/p+4/t19-,20+. The van der Waals surface area contributed by atoms with Crippen molar-refractivity contribution in [2.45, 2.75) is 12.2 Å². The molecule has 3 rings (SSSR count). The summed E-state index contributed by atoms with van der Waals surface area (Å²) in [5.41, 5.74) is 0. The van der Waals surface area contributed by atoms with E-state index < -0.39 is 12.2 Å². The van der Waals surface area contributed by atoms with Crippen molar-refractivity contribution in [2.24, 2.45) is 0 Å². The number of piperazine rings is 2. The molecular formula is C22H42N4O4+4. The summed E-state index contributed by atoms with van der Waals surface area (Å²) in [6, 6.07) is 7.42. The minimum atomic E-state index is -0.455. The molecule has 8 nitrogen and oxygen atoms in total. The minimum absolute atomic E-state index is 0.306. The van der Waals surface area contributed by atoms with Crippen molar-refractivity contribution in [3.05, 3.63) is 24.3 Å². The number of aliphatic hydroxyl groups excluding tert-OH is 2. The Balaban J connectivity index is 1.31. The molecule has 2 heterocycles. The molecule has 0 radical (unpaired) electrons. The zero-order valence-electron chi connectivity index (χ0n) is 18.7. The Bertz CT molecular complexity index is 549. The largest absolute Gasteiger partial charge is 0.491 e. The van der Waals surface area contributed by atoms with Crippen molar-refractivity contribution in [3.63, 3.8) is 0 Å². The first-order chi connectivity index (χ1) is 14.5. The molecule has 2 atom stereocenters. The van der Waals surface area contributed by atoms with E-state index in [1.54, 1.807) is 9.80 Å².